The summed E-state index contributed by atoms with van der Waals surface area (Å²) in [7, 11) is 0. The Balaban J connectivity index is 1.40. The van der Waals surface area contributed by atoms with Crippen LogP contribution >= 0.6 is 0 Å². The lowest BCUT2D eigenvalue weighted by Gasteiger charge is -2.14. The third-order valence-corrected chi connectivity index (χ3v) is 8.71. The van der Waals surface area contributed by atoms with E-state index in [2.05, 4.69) is 173 Å². The number of pyridine rings is 1. The summed E-state index contributed by atoms with van der Waals surface area (Å²) in [5.41, 5.74) is 9.01. The molecule has 0 N–H and O–H groups in total. The monoisotopic (exact) mass is 561 g/mol. The molecule has 3 nitrogen and oxygen atoms in total. The van der Waals surface area contributed by atoms with Gasteiger partial charge in [-0.05, 0) is 65.0 Å². The second-order valence-corrected chi connectivity index (χ2v) is 11.3. The van der Waals surface area contributed by atoms with Gasteiger partial charge in [0.2, 0.25) is 0 Å². The first-order chi connectivity index (χ1) is 21.8. The predicted molar refractivity (Wildman–Crippen MR) is 184 cm³/mol. The maximum absolute atomic E-state index is 5.35. The predicted octanol–water partition coefficient (Wildman–Crippen LogP) is 10.6. The van der Waals surface area contributed by atoms with Crippen LogP contribution in [0.2, 0.25) is 0 Å². The summed E-state index contributed by atoms with van der Waals surface area (Å²) < 4.78 is 4.65. The highest BCUT2D eigenvalue weighted by Gasteiger charge is 2.18. The quantitative estimate of drug-likeness (QED) is 0.210. The zero-order valence-corrected chi connectivity index (χ0v) is 23.9. The van der Waals surface area contributed by atoms with Crippen molar-refractivity contribution in [1.82, 2.24) is 14.1 Å². The van der Waals surface area contributed by atoms with Crippen LogP contribution in [-0.2, 0) is 0 Å². The number of benzene rings is 6. The number of hydrogen-bond donors (Lipinski definition) is 0. The van der Waals surface area contributed by atoms with Crippen molar-refractivity contribution in [3.05, 3.63) is 164 Å². The van der Waals surface area contributed by atoms with Gasteiger partial charge in [-0.15, -0.1) is 0 Å². The first-order valence-electron chi connectivity index (χ1n) is 15.0. The molecule has 0 aliphatic rings. The maximum Gasteiger partial charge on any atom is 0.138 e. The fraction of sp³-hybridized carbons (Fsp3) is 0. The Morgan fingerprint density at radius 2 is 1.14 bits per heavy atom. The van der Waals surface area contributed by atoms with Gasteiger partial charge in [0.1, 0.15) is 5.82 Å². The zero-order valence-electron chi connectivity index (χ0n) is 23.9. The molecule has 0 amide bonds. The van der Waals surface area contributed by atoms with Crippen molar-refractivity contribution in [3.8, 4) is 33.9 Å². The molecule has 3 heterocycles. The van der Waals surface area contributed by atoms with Crippen LogP contribution in [0.25, 0.3) is 77.4 Å². The van der Waals surface area contributed by atoms with Gasteiger partial charge in [-0.3, -0.25) is 4.57 Å². The van der Waals surface area contributed by atoms with Gasteiger partial charge in [-0.2, -0.15) is 0 Å². The molecule has 3 aromatic heterocycles. The van der Waals surface area contributed by atoms with E-state index in [0.29, 0.717) is 0 Å². The lowest BCUT2D eigenvalue weighted by Crippen LogP contribution is -2.00. The Labute approximate surface area is 254 Å². The minimum absolute atomic E-state index is 0.905. The fourth-order valence-corrected chi connectivity index (χ4v) is 6.65. The second-order valence-electron chi connectivity index (χ2n) is 11.3. The summed E-state index contributed by atoms with van der Waals surface area (Å²) in [4.78, 5) is 5.35. The maximum atomic E-state index is 5.35. The molecule has 0 saturated heterocycles. The molecule has 0 saturated carbocycles. The normalized spacial score (nSPS) is 11.6. The number of rotatable bonds is 4. The highest BCUT2D eigenvalue weighted by molar-refractivity contribution is 6.20. The number of nitrogens with zero attached hydrogens (tertiary/aromatic N) is 3. The van der Waals surface area contributed by atoms with E-state index < -0.39 is 0 Å². The summed E-state index contributed by atoms with van der Waals surface area (Å²) in [6.45, 7) is 0. The molecule has 0 bridgehead atoms. The van der Waals surface area contributed by atoms with Crippen molar-refractivity contribution in [3.63, 3.8) is 0 Å². The van der Waals surface area contributed by atoms with Crippen molar-refractivity contribution in [1.29, 1.82) is 0 Å². The smallest absolute Gasteiger partial charge is 0.138 e. The number of aromatic nitrogens is 3. The van der Waals surface area contributed by atoms with E-state index in [0.717, 1.165) is 33.8 Å². The number of para-hydroxylation sites is 2. The van der Waals surface area contributed by atoms with Gasteiger partial charge in [0.25, 0.3) is 0 Å². The summed E-state index contributed by atoms with van der Waals surface area (Å²) in [5, 5.41) is 6.08. The minimum Gasteiger partial charge on any atom is -0.317 e. The first kappa shape index (κ1) is 24.6. The lowest BCUT2D eigenvalue weighted by atomic mass is 10.0. The molecule has 9 aromatic rings. The standard InChI is InChI=1S/C41H27N3/c1-4-12-28(13-5-1)32-25-37(29-14-6-2-7-15-29)42-40(26-32)44-38-19-11-10-18-34(38)35-21-20-30-24-31-22-23-43(33-16-8-3-9-17-33)39(31)27-36(30)41(35)44/h1-27H. The molecule has 0 fully saturated rings. The van der Waals surface area contributed by atoms with Crippen LogP contribution in [0, 0.1) is 0 Å². The van der Waals surface area contributed by atoms with Crippen molar-refractivity contribution < 1.29 is 0 Å². The van der Waals surface area contributed by atoms with Crippen molar-refractivity contribution in [2.75, 3.05) is 0 Å². The molecule has 44 heavy (non-hydrogen) atoms. The van der Waals surface area contributed by atoms with E-state index in [1.165, 1.54) is 43.5 Å². The van der Waals surface area contributed by atoms with Crippen molar-refractivity contribution in [2.45, 2.75) is 0 Å². The van der Waals surface area contributed by atoms with Gasteiger partial charge in [-0.1, -0.05) is 109 Å². The Bertz CT molecular complexity index is 2410. The van der Waals surface area contributed by atoms with Crippen LogP contribution in [0.1, 0.15) is 0 Å². The average Bonchev–Trinajstić information content (AvgIpc) is 3.67. The molecule has 0 spiro atoms. The van der Waals surface area contributed by atoms with Gasteiger partial charge in [0, 0.05) is 39.0 Å². The van der Waals surface area contributed by atoms with Crippen LogP contribution in [0.5, 0.6) is 0 Å². The van der Waals surface area contributed by atoms with Crippen LogP contribution < -0.4 is 0 Å². The first-order valence-corrected chi connectivity index (χ1v) is 15.0. The van der Waals surface area contributed by atoms with Crippen LogP contribution in [0.15, 0.2) is 164 Å². The lowest BCUT2D eigenvalue weighted by molar-refractivity contribution is 1.09. The summed E-state index contributed by atoms with van der Waals surface area (Å²) in [6, 6.07) is 56.2. The molecule has 3 heteroatoms. The third kappa shape index (κ3) is 3.87. The summed E-state index contributed by atoms with van der Waals surface area (Å²) >= 11 is 0. The Hall–Kier alpha value is -5.93. The molecule has 0 unspecified atom stereocenters. The van der Waals surface area contributed by atoms with E-state index in [1.807, 2.05) is 0 Å². The molecular weight excluding hydrogens is 534 g/mol. The molecule has 0 aliphatic carbocycles. The van der Waals surface area contributed by atoms with Crippen LogP contribution in [0.4, 0.5) is 0 Å². The summed E-state index contributed by atoms with van der Waals surface area (Å²) in [6.07, 6.45) is 2.17. The number of fused-ring (bicyclic) bond motifs is 6. The molecular formula is C41H27N3. The van der Waals surface area contributed by atoms with E-state index in [-0.39, 0.29) is 0 Å². The van der Waals surface area contributed by atoms with E-state index in [9.17, 15) is 0 Å². The molecule has 0 atom stereocenters. The topological polar surface area (TPSA) is 22.8 Å². The van der Waals surface area contributed by atoms with E-state index in [4.69, 9.17) is 4.98 Å². The van der Waals surface area contributed by atoms with E-state index in [1.54, 1.807) is 0 Å². The highest BCUT2D eigenvalue weighted by atomic mass is 15.1. The summed E-state index contributed by atoms with van der Waals surface area (Å²) in [5.74, 6) is 0.905. The largest absolute Gasteiger partial charge is 0.317 e. The minimum atomic E-state index is 0.905. The van der Waals surface area contributed by atoms with Gasteiger partial charge < -0.3 is 4.57 Å². The van der Waals surface area contributed by atoms with Crippen LogP contribution in [0.3, 0.4) is 0 Å². The molecule has 0 radical (unpaired) electrons. The van der Waals surface area contributed by atoms with Crippen molar-refractivity contribution in [2.24, 2.45) is 0 Å². The van der Waals surface area contributed by atoms with Gasteiger partial charge in [0.05, 0.1) is 22.2 Å². The molecule has 6 aromatic carbocycles. The fourth-order valence-electron chi connectivity index (χ4n) is 6.65. The molecule has 206 valence electrons. The number of hydrogen-bond acceptors (Lipinski definition) is 1. The van der Waals surface area contributed by atoms with Crippen LogP contribution in [-0.4, -0.2) is 14.1 Å². The molecule has 0 aliphatic heterocycles. The SMILES string of the molecule is c1ccc(-c2cc(-c3ccccc3)nc(-n3c4ccccc4c4ccc5cc6ccn(-c7ccccc7)c6cc5c43)c2)cc1. The zero-order chi connectivity index (χ0) is 29.0. The van der Waals surface area contributed by atoms with Gasteiger partial charge in [-0.25, -0.2) is 4.98 Å². The average molecular weight is 562 g/mol. The Kier molecular flexibility index (Phi) is 5.50. The van der Waals surface area contributed by atoms with Gasteiger partial charge in [0.15, 0.2) is 0 Å². The van der Waals surface area contributed by atoms with E-state index >= 15 is 0 Å². The highest BCUT2D eigenvalue weighted by Crippen LogP contribution is 2.39. The third-order valence-electron chi connectivity index (χ3n) is 8.71. The Morgan fingerprint density at radius 3 is 1.93 bits per heavy atom. The molecule has 9 rings (SSSR count). The Morgan fingerprint density at radius 1 is 0.432 bits per heavy atom. The second kappa shape index (κ2) is 9.82. The van der Waals surface area contributed by atoms with Crippen molar-refractivity contribution >= 4 is 43.5 Å². The van der Waals surface area contributed by atoms with Gasteiger partial charge >= 0.3 is 0 Å².